The molecule has 2 N–H and O–H groups in total. The van der Waals surface area contributed by atoms with Crippen LogP contribution in [0.25, 0.3) is 0 Å². The summed E-state index contributed by atoms with van der Waals surface area (Å²) >= 11 is 0. The summed E-state index contributed by atoms with van der Waals surface area (Å²) in [6.07, 6.45) is 0. The van der Waals surface area contributed by atoms with Crippen LogP contribution in [-0.2, 0) is 38.0 Å². The summed E-state index contributed by atoms with van der Waals surface area (Å²) in [5.74, 6) is 0. The Labute approximate surface area is 185 Å². The van der Waals surface area contributed by atoms with Gasteiger partial charge in [0.05, 0.1) is 84.2 Å². The van der Waals surface area contributed by atoms with Gasteiger partial charge in [-0.15, -0.1) is 0 Å². The third kappa shape index (κ3) is 18.2. The Hall–Kier alpha value is -1.15. The molecule has 0 aromatic heterocycles. The van der Waals surface area contributed by atoms with Gasteiger partial charge in [-0.2, -0.15) is 8.42 Å². The smallest absolute Gasteiger partial charge is 0.297 e. The number of rotatable bonds is 18. The summed E-state index contributed by atoms with van der Waals surface area (Å²) in [6.45, 7) is 5.66. The van der Waals surface area contributed by atoms with Crippen LogP contribution < -0.4 is 0 Å². The van der Waals surface area contributed by atoms with Crippen molar-refractivity contribution in [3.05, 3.63) is 29.8 Å². The van der Waals surface area contributed by atoms with E-state index in [9.17, 15) is 8.42 Å². The van der Waals surface area contributed by atoms with Crippen LogP contribution in [0, 0.1) is 6.92 Å². The highest BCUT2D eigenvalue weighted by Crippen LogP contribution is 2.12. The number of aryl methyl sites for hydroxylation is 1. The summed E-state index contributed by atoms with van der Waals surface area (Å²) in [5.41, 5.74) is 0.982. The minimum Gasteiger partial charge on any atom is -0.394 e. The average molecular weight is 469 g/mol. The SMILES string of the molecule is COCCOCCOCCO.Cc1ccc(S(=O)(=O)OCCOCCOCCO)cc1. The molecule has 0 radical (unpaired) electrons. The van der Waals surface area contributed by atoms with Gasteiger partial charge in [-0.1, -0.05) is 17.7 Å². The van der Waals surface area contributed by atoms with Crippen LogP contribution in [0.1, 0.15) is 5.56 Å². The molecule has 11 heteroatoms. The number of benzene rings is 1. The molecule has 0 fully saturated rings. The van der Waals surface area contributed by atoms with E-state index in [1.807, 2.05) is 6.92 Å². The molecule has 0 unspecified atom stereocenters. The van der Waals surface area contributed by atoms with Crippen molar-refractivity contribution in [2.24, 2.45) is 0 Å². The highest BCUT2D eigenvalue weighted by molar-refractivity contribution is 7.86. The molecule has 0 amide bonds. The summed E-state index contributed by atoms with van der Waals surface area (Å²) in [7, 11) is -2.09. The van der Waals surface area contributed by atoms with Gasteiger partial charge >= 0.3 is 0 Å². The number of aliphatic hydroxyl groups is 2. The number of hydrogen-bond donors (Lipinski definition) is 2. The van der Waals surface area contributed by atoms with Gasteiger partial charge < -0.3 is 33.9 Å². The first-order valence-corrected chi connectivity index (χ1v) is 11.4. The first-order valence-electron chi connectivity index (χ1n) is 9.95. The second-order valence-corrected chi connectivity index (χ2v) is 7.59. The van der Waals surface area contributed by atoms with Crippen LogP contribution in [0.2, 0.25) is 0 Å². The van der Waals surface area contributed by atoms with Crippen LogP contribution in [0.3, 0.4) is 0 Å². The van der Waals surface area contributed by atoms with E-state index in [-0.39, 0.29) is 37.9 Å². The predicted molar refractivity (Wildman–Crippen MR) is 114 cm³/mol. The van der Waals surface area contributed by atoms with E-state index >= 15 is 0 Å². The van der Waals surface area contributed by atoms with Gasteiger partial charge in [0.25, 0.3) is 10.1 Å². The van der Waals surface area contributed by atoms with Crippen molar-refractivity contribution >= 4 is 10.1 Å². The van der Waals surface area contributed by atoms with Crippen LogP contribution >= 0.6 is 0 Å². The van der Waals surface area contributed by atoms with Crippen molar-refractivity contribution in [3.63, 3.8) is 0 Å². The summed E-state index contributed by atoms with van der Waals surface area (Å²) in [5, 5.41) is 16.8. The molecule has 0 atom stereocenters. The van der Waals surface area contributed by atoms with Crippen LogP contribution in [0.4, 0.5) is 0 Å². The van der Waals surface area contributed by atoms with Gasteiger partial charge in [0.1, 0.15) is 0 Å². The second kappa shape index (κ2) is 20.7. The Kier molecular flexibility index (Phi) is 20.0. The summed E-state index contributed by atoms with van der Waals surface area (Å²) in [6, 6.07) is 6.44. The molecule has 1 aromatic rings. The van der Waals surface area contributed by atoms with Gasteiger partial charge in [0, 0.05) is 7.11 Å². The quantitative estimate of drug-likeness (QED) is 0.230. The molecule has 0 aliphatic rings. The first kappa shape index (κ1) is 29.9. The standard InChI is InChI=1S/C13H20O6S.C7H16O4/c1-12-2-4-13(5-3-12)20(15,16)19-11-10-18-9-8-17-7-6-14;1-9-4-5-11-7-6-10-3-2-8/h2-5,14H,6-11H2,1H3;8H,2-7H2,1H3. The Morgan fingerprint density at radius 3 is 1.55 bits per heavy atom. The minimum atomic E-state index is -3.72. The van der Waals surface area contributed by atoms with Crippen molar-refractivity contribution in [1.82, 2.24) is 0 Å². The molecule has 0 saturated heterocycles. The van der Waals surface area contributed by atoms with Crippen LogP contribution in [0.15, 0.2) is 29.2 Å². The van der Waals surface area contributed by atoms with E-state index in [1.165, 1.54) is 12.1 Å². The molecule has 1 aromatic carbocycles. The lowest BCUT2D eigenvalue weighted by Gasteiger charge is -2.07. The number of methoxy groups -OCH3 is 1. The zero-order chi connectivity index (χ0) is 23.2. The third-order valence-electron chi connectivity index (χ3n) is 3.42. The Balaban J connectivity index is 0.000000695. The van der Waals surface area contributed by atoms with Crippen LogP contribution in [-0.4, -0.2) is 105 Å². The third-order valence-corrected chi connectivity index (χ3v) is 4.75. The maximum atomic E-state index is 11.8. The Morgan fingerprint density at radius 2 is 1.10 bits per heavy atom. The lowest BCUT2D eigenvalue weighted by atomic mass is 10.2. The lowest BCUT2D eigenvalue weighted by molar-refractivity contribution is 0.0159. The fraction of sp³-hybridized carbons (Fsp3) is 0.700. The molecular weight excluding hydrogens is 432 g/mol. The molecule has 0 aliphatic heterocycles. The van der Waals surface area contributed by atoms with Crippen molar-refractivity contribution in [1.29, 1.82) is 0 Å². The first-order chi connectivity index (χ1) is 15.0. The van der Waals surface area contributed by atoms with Crippen molar-refractivity contribution in [2.75, 3.05) is 86.4 Å². The molecule has 0 heterocycles. The number of hydrogen-bond acceptors (Lipinski definition) is 10. The van der Waals surface area contributed by atoms with Gasteiger partial charge in [0.15, 0.2) is 0 Å². The van der Waals surface area contributed by atoms with E-state index in [0.29, 0.717) is 46.2 Å². The molecule has 31 heavy (non-hydrogen) atoms. The van der Waals surface area contributed by atoms with E-state index in [2.05, 4.69) is 0 Å². The normalized spacial score (nSPS) is 11.2. The maximum Gasteiger partial charge on any atom is 0.297 e. The van der Waals surface area contributed by atoms with E-state index in [0.717, 1.165) is 5.56 Å². The van der Waals surface area contributed by atoms with Crippen LogP contribution in [0.5, 0.6) is 0 Å². The van der Waals surface area contributed by atoms with Gasteiger partial charge in [-0.3, -0.25) is 4.18 Å². The Bertz CT molecular complexity index is 599. The minimum absolute atomic E-state index is 0.0299. The summed E-state index contributed by atoms with van der Waals surface area (Å²) < 4.78 is 53.3. The predicted octanol–water partition coefficient (Wildman–Crippen LogP) is 0.384. The fourth-order valence-corrected chi connectivity index (χ4v) is 2.78. The van der Waals surface area contributed by atoms with Crippen molar-refractivity contribution in [3.8, 4) is 0 Å². The number of ether oxygens (including phenoxy) is 5. The topological polar surface area (TPSA) is 130 Å². The lowest BCUT2D eigenvalue weighted by Crippen LogP contribution is -2.14. The molecule has 10 nitrogen and oxygen atoms in total. The molecule has 1 rings (SSSR count). The zero-order valence-electron chi connectivity index (χ0n) is 18.4. The van der Waals surface area contributed by atoms with Crippen molar-refractivity contribution < 1.29 is 46.5 Å². The zero-order valence-corrected chi connectivity index (χ0v) is 19.2. The maximum absolute atomic E-state index is 11.8. The largest absolute Gasteiger partial charge is 0.394 e. The van der Waals surface area contributed by atoms with Gasteiger partial charge in [-0.05, 0) is 19.1 Å². The Morgan fingerprint density at radius 1 is 0.677 bits per heavy atom. The molecule has 182 valence electrons. The van der Waals surface area contributed by atoms with Gasteiger partial charge in [-0.25, -0.2) is 0 Å². The van der Waals surface area contributed by atoms with Gasteiger partial charge in [0.2, 0.25) is 0 Å². The molecule has 0 aliphatic carbocycles. The fourth-order valence-electron chi connectivity index (χ4n) is 1.89. The highest BCUT2D eigenvalue weighted by Gasteiger charge is 2.14. The van der Waals surface area contributed by atoms with Crippen molar-refractivity contribution in [2.45, 2.75) is 11.8 Å². The van der Waals surface area contributed by atoms with E-state index in [4.69, 9.17) is 38.1 Å². The van der Waals surface area contributed by atoms with E-state index in [1.54, 1.807) is 19.2 Å². The van der Waals surface area contributed by atoms with E-state index < -0.39 is 10.1 Å². The summed E-state index contributed by atoms with van der Waals surface area (Å²) in [4.78, 5) is 0.134. The molecule has 0 spiro atoms. The second-order valence-electron chi connectivity index (χ2n) is 5.98. The molecule has 0 saturated carbocycles. The average Bonchev–Trinajstić information content (AvgIpc) is 2.76. The highest BCUT2D eigenvalue weighted by atomic mass is 32.2. The molecule has 0 bridgehead atoms. The monoisotopic (exact) mass is 468 g/mol. The molecular formula is C20H36O10S. The number of aliphatic hydroxyl groups excluding tert-OH is 2.